The summed E-state index contributed by atoms with van der Waals surface area (Å²) >= 11 is 5.96. The molecule has 3 heteroatoms. The minimum Gasteiger partial charge on any atom is -0.488 e. The molecule has 0 fully saturated rings. The van der Waals surface area contributed by atoms with Crippen molar-refractivity contribution in [3.63, 3.8) is 0 Å². The first-order chi connectivity index (χ1) is 8.59. The third-order valence-corrected chi connectivity index (χ3v) is 3.19. The van der Waals surface area contributed by atoms with E-state index >= 15 is 0 Å². The third-order valence-electron chi connectivity index (χ3n) is 2.83. The molecule has 0 aliphatic rings. The summed E-state index contributed by atoms with van der Waals surface area (Å²) in [5.41, 5.74) is 2.45. The zero-order chi connectivity index (χ0) is 13.1. The Labute approximate surface area is 111 Å². The molecular formula is C15H14ClFO. The molecule has 94 valence electrons. The number of aryl methyl sites for hydroxylation is 2. The average Bonchev–Trinajstić information content (AvgIpc) is 2.31. The molecule has 0 aromatic heterocycles. The van der Waals surface area contributed by atoms with Gasteiger partial charge in [0.2, 0.25) is 0 Å². The van der Waals surface area contributed by atoms with Crippen molar-refractivity contribution in [3.05, 3.63) is 63.9 Å². The molecule has 0 atom stereocenters. The van der Waals surface area contributed by atoms with Crippen LogP contribution < -0.4 is 4.74 Å². The molecule has 0 N–H and O–H groups in total. The van der Waals surface area contributed by atoms with E-state index in [-0.39, 0.29) is 12.4 Å². The molecule has 0 saturated carbocycles. The van der Waals surface area contributed by atoms with Crippen LogP contribution in [-0.2, 0) is 6.61 Å². The van der Waals surface area contributed by atoms with Gasteiger partial charge in [-0.05, 0) is 37.1 Å². The van der Waals surface area contributed by atoms with Crippen LogP contribution in [0.4, 0.5) is 4.39 Å². The summed E-state index contributed by atoms with van der Waals surface area (Å²) in [6.07, 6.45) is 0. The molecule has 0 aliphatic carbocycles. The van der Waals surface area contributed by atoms with Crippen LogP contribution in [-0.4, -0.2) is 0 Å². The van der Waals surface area contributed by atoms with Crippen molar-refractivity contribution < 1.29 is 9.13 Å². The molecule has 0 spiro atoms. The highest BCUT2D eigenvalue weighted by atomic mass is 35.5. The van der Waals surface area contributed by atoms with E-state index < -0.39 is 0 Å². The first-order valence-electron chi connectivity index (χ1n) is 5.71. The average molecular weight is 265 g/mol. The topological polar surface area (TPSA) is 9.23 Å². The van der Waals surface area contributed by atoms with Crippen LogP contribution in [0.25, 0.3) is 0 Å². The maximum Gasteiger partial charge on any atom is 0.131 e. The van der Waals surface area contributed by atoms with Gasteiger partial charge in [0.1, 0.15) is 18.2 Å². The molecule has 0 unspecified atom stereocenters. The van der Waals surface area contributed by atoms with E-state index in [1.807, 2.05) is 32.0 Å². The second-order valence-corrected chi connectivity index (χ2v) is 4.62. The molecule has 1 nitrogen and oxygen atoms in total. The zero-order valence-electron chi connectivity index (χ0n) is 10.3. The third kappa shape index (κ3) is 2.65. The van der Waals surface area contributed by atoms with Crippen molar-refractivity contribution in [1.29, 1.82) is 0 Å². The van der Waals surface area contributed by atoms with E-state index in [0.29, 0.717) is 10.6 Å². The van der Waals surface area contributed by atoms with Gasteiger partial charge in [-0.15, -0.1) is 0 Å². The number of ether oxygens (including phenoxy) is 1. The summed E-state index contributed by atoms with van der Waals surface area (Å²) < 4.78 is 19.3. The highest BCUT2D eigenvalue weighted by molar-refractivity contribution is 6.31. The summed E-state index contributed by atoms with van der Waals surface area (Å²) in [5.74, 6) is 0.450. The summed E-state index contributed by atoms with van der Waals surface area (Å²) in [6.45, 7) is 4.06. The lowest BCUT2D eigenvalue weighted by Crippen LogP contribution is -2.01. The Hall–Kier alpha value is -1.54. The van der Waals surface area contributed by atoms with Gasteiger partial charge in [0, 0.05) is 5.56 Å². The molecule has 0 heterocycles. The molecule has 0 radical (unpaired) electrons. The highest BCUT2D eigenvalue weighted by Gasteiger charge is 2.09. The second-order valence-electron chi connectivity index (χ2n) is 4.21. The number of para-hydroxylation sites is 1. The monoisotopic (exact) mass is 264 g/mol. The number of rotatable bonds is 3. The van der Waals surface area contributed by atoms with Crippen molar-refractivity contribution in [1.82, 2.24) is 0 Å². The van der Waals surface area contributed by atoms with Crippen LogP contribution in [0.1, 0.15) is 16.7 Å². The number of hydrogen-bond donors (Lipinski definition) is 0. The van der Waals surface area contributed by atoms with E-state index in [9.17, 15) is 4.39 Å². The maximum atomic E-state index is 13.6. The highest BCUT2D eigenvalue weighted by Crippen LogP contribution is 2.26. The van der Waals surface area contributed by atoms with Gasteiger partial charge in [-0.2, -0.15) is 0 Å². The van der Waals surface area contributed by atoms with Crippen LogP contribution >= 0.6 is 11.6 Å². The van der Waals surface area contributed by atoms with Crippen LogP contribution in [0.15, 0.2) is 36.4 Å². The lowest BCUT2D eigenvalue weighted by atomic mass is 10.1. The second kappa shape index (κ2) is 5.40. The fourth-order valence-electron chi connectivity index (χ4n) is 1.84. The van der Waals surface area contributed by atoms with Gasteiger partial charge in [0.05, 0.1) is 5.02 Å². The Bertz CT molecular complexity index is 474. The normalized spacial score (nSPS) is 10.4. The molecule has 2 aromatic rings. The first kappa shape index (κ1) is 12.9. The van der Waals surface area contributed by atoms with Gasteiger partial charge in [0.25, 0.3) is 0 Å². The molecule has 0 aliphatic heterocycles. The van der Waals surface area contributed by atoms with Crippen molar-refractivity contribution in [3.8, 4) is 5.75 Å². The standard InChI is InChI=1S/C15H14ClFO/c1-10-5-3-6-11(2)15(10)18-9-12-13(16)7-4-8-14(12)17/h3-8H,9H2,1-2H3. The lowest BCUT2D eigenvalue weighted by Gasteiger charge is -2.13. The zero-order valence-corrected chi connectivity index (χ0v) is 11.1. The minimum absolute atomic E-state index is 0.136. The molecule has 0 amide bonds. The number of benzene rings is 2. The Kier molecular flexibility index (Phi) is 3.87. The maximum absolute atomic E-state index is 13.6. The Balaban J connectivity index is 2.22. The lowest BCUT2D eigenvalue weighted by molar-refractivity contribution is 0.296. The van der Waals surface area contributed by atoms with E-state index in [1.54, 1.807) is 12.1 Å². The summed E-state index contributed by atoms with van der Waals surface area (Å²) in [5, 5.41) is 0.390. The van der Waals surface area contributed by atoms with E-state index in [0.717, 1.165) is 16.9 Å². The number of halogens is 2. The van der Waals surface area contributed by atoms with Crippen molar-refractivity contribution >= 4 is 11.6 Å². The number of hydrogen-bond acceptors (Lipinski definition) is 1. The Morgan fingerprint density at radius 3 is 2.28 bits per heavy atom. The van der Waals surface area contributed by atoms with E-state index in [4.69, 9.17) is 16.3 Å². The fraction of sp³-hybridized carbons (Fsp3) is 0.200. The predicted octanol–water partition coefficient (Wildman–Crippen LogP) is 4.67. The Morgan fingerprint density at radius 2 is 1.67 bits per heavy atom. The van der Waals surface area contributed by atoms with Gasteiger partial charge >= 0.3 is 0 Å². The van der Waals surface area contributed by atoms with Gasteiger partial charge in [-0.3, -0.25) is 0 Å². The van der Waals surface area contributed by atoms with Gasteiger partial charge in [-0.1, -0.05) is 35.9 Å². The molecule has 0 bridgehead atoms. The molecule has 2 aromatic carbocycles. The van der Waals surface area contributed by atoms with Crippen LogP contribution in [0.3, 0.4) is 0 Å². The Morgan fingerprint density at radius 1 is 1.06 bits per heavy atom. The van der Waals surface area contributed by atoms with Gasteiger partial charge in [-0.25, -0.2) is 4.39 Å². The van der Waals surface area contributed by atoms with Crippen LogP contribution in [0, 0.1) is 19.7 Å². The van der Waals surface area contributed by atoms with Crippen LogP contribution in [0.2, 0.25) is 5.02 Å². The minimum atomic E-state index is -0.339. The van der Waals surface area contributed by atoms with Gasteiger partial charge in [0.15, 0.2) is 0 Å². The van der Waals surface area contributed by atoms with E-state index in [1.165, 1.54) is 6.07 Å². The summed E-state index contributed by atoms with van der Waals surface area (Å²) in [7, 11) is 0. The van der Waals surface area contributed by atoms with Crippen molar-refractivity contribution in [2.24, 2.45) is 0 Å². The predicted molar refractivity (Wildman–Crippen MR) is 71.7 cm³/mol. The largest absolute Gasteiger partial charge is 0.488 e. The van der Waals surface area contributed by atoms with Crippen LogP contribution in [0.5, 0.6) is 5.75 Å². The van der Waals surface area contributed by atoms with Crippen molar-refractivity contribution in [2.75, 3.05) is 0 Å². The van der Waals surface area contributed by atoms with Crippen molar-refractivity contribution in [2.45, 2.75) is 20.5 Å². The SMILES string of the molecule is Cc1cccc(C)c1OCc1c(F)cccc1Cl. The van der Waals surface area contributed by atoms with E-state index in [2.05, 4.69) is 0 Å². The smallest absolute Gasteiger partial charge is 0.131 e. The molecule has 2 rings (SSSR count). The fourth-order valence-corrected chi connectivity index (χ4v) is 2.06. The molecule has 18 heavy (non-hydrogen) atoms. The molecular weight excluding hydrogens is 251 g/mol. The first-order valence-corrected chi connectivity index (χ1v) is 6.09. The van der Waals surface area contributed by atoms with Gasteiger partial charge < -0.3 is 4.74 Å². The molecule has 0 saturated heterocycles. The summed E-state index contributed by atoms with van der Waals surface area (Å²) in [4.78, 5) is 0. The quantitative estimate of drug-likeness (QED) is 0.782. The summed E-state index contributed by atoms with van der Waals surface area (Å²) in [6, 6.07) is 10.5.